The fraction of sp³-hybridized carbons (Fsp3) is 0.923. The molecule has 5 heteroatoms. The Morgan fingerprint density at radius 3 is 2.72 bits per heavy atom. The molecule has 0 spiro atoms. The third-order valence-corrected chi connectivity index (χ3v) is 3.55. The Balaban J connectivity index is 2.01. The van der Waals surface area contributed by atoms with Gasteiger partial charge in [-0.25, -0.2) is 4.79 Å². The number of carbonyl (C=O) groups is 1. The number of amides is 1. The molecule has 0 aromatic heterocycles. The molecule has 4 nitrogen and oxygen atoms in total. The number of hydrogen-bond donors (Lipinski definition) is 2. The molecule has 0 aliphatic heterocycles. The summed E-state index contributed by atoms with van der Waals surface area (Å²) in [6.07, 6.45) is 1.90. The lowest BCUT2D eigenvalue weighted by molar-refractivity contribution is 0.0522. The van der Waals surface area contributed by atoms with E-state index in [4.69, 9.17) is 4.74 Å². The van der Waals surface area contributed by atoms with Crippen molar-refractivity contribution >= 4 is 17.9 Å². The maximum atomic E-state index is 11.5. The van der Waals surface area contributed by atoms with Gasteiger partial charge in [-0.2, -0.15) is 11.8 Å². The highest BCUT2D eigenvalue weighted by Gasteiger charge is 2.38. The average molecular weight is 274 g/mol. The van der Waals surface area contributed by atoms with Crippen LogP contribution < -0.4 is 10.6 Å². The topological polar surface area (TPSA) is 50.4 Å². The van der Waals surface area contributed by atoms with Crippen molar-refractivity contribution in [2.75, 3.05) is 18.1 Å². The van der Waals surface area contributed by atoms with E-state index in [1.54, 1.807) is 0 Å². The van der Waals surface area contributed by atoms with Gasteiger partial charge < -0.3 is 15.4 Å². The molecule has 1 aliphatic carbocycles. The molecule has 2 atom stereocenters. The van der Waals surface area contributed by atoms with Crippen LogP contribution >= 0.6 is 11.8 Å². The van der Waals surface area contributed by atoms with Gasteiger partial charge in [-0.05, 0) is 51.7 Å². The highest BCUT2D eigenvalue weighted by molar-refractivity contribution is 7.99. The summed E-state index contributed by atoms with van der Waals surface area (Å²) in [7, 11) is 0. The SMILES string of the molecule is CCSCCCNC1CC1NC(=O)OC(C)(C)C. The molecule has 106 valence electrons. The third-order valence-electron chi connectivity index (χ3n) is 2.57. The lowest BCUT2D eigenvalue weighted by atomic mass is 10.2. The van der Waals surface area contributed by atoms with Gasteiger partial charge in [0.25, 0.3) is 0 Å². The van der Waals surface area contributed by atoms with E-state index in [1.807, 2.05) is 32.5 Å². The average Bonchev–Trinajstić information content (AvgIpc) is 2.93. The van der Waals surface area contributed by atoms with Crippen molar-refractivity contribution in [3.05, 3.63) is 0 Å². The van der Waals surface area contributed by atoms with E-state index in [1.165, 1.54) is 17.9 Å². The highest BCUT2D eigenvalue weighted by atomic mass is 32.2. The number of nitrogens with one attached hydrogen (secondary N) is 2. The van der Waals surface area contributed by atoms with Gasteiger partial charge in [-0.15, -0.1) is 0 Å². The van der Waals surface area contributed by atoms with E-state index in [9.17, 15) is 4.79 Å². The molecule has 0 heterocycles. The van der Waals surface area contributed by atoms with Gasteiger partial charge in [0, 0.05) is 12.1 Å². The number of thioether (sulfide) groups is 1. The Labute approximate surface area is 115 Å². The Kier molecular flexibility index (Phi) is 6.29. The first-order valence-electron chi connectivity index (χ1n) is 6.73. The summed E-state index contributed by atoms with van der Waals surface area (Å²) in [6.45, 7) is 8.84. The van der Waals surface area contributed by atoms with Gasteiger partial charge in [0.1, 0.15) is 5.60 Å². The van der Waals surface area contributed by atoms with Gasteiger partial charge in [0.05, 0.1) is 0 Å². The molecule has 2 N–H and O–H groups in total. The molecule has 0 bridgehead atoms. The molecule has 1 saturated carbocycles. The molecule has 0 aromatic carbocycles. The molecule has 18 heavy (non-hydrogen) atoms. The van der Waals surface area contributed by atoms with Crippen LogP contribution in [0, 0.1) is 0 Å². The summed E-state index contributed by atoms with van der Waals surface area (Å²) in [5, 5.41) is 6.33. The molecular weight excluding hydrogens is 248 g/mol. The Bertz CT molecular complexity index is 266. The summed E-state index contributed by atoms with van der Waals surface area (Å²) in [6, 6.07) is 0.683. The maximum absolute atomic E-state index is 11.5. The van der Waals surface area contributed by atoms with Crippen LogP contribution in [0.2, 0.25) is 0 Å². The quantitative estimate of drug-likeness (QED) is 0.700. The Morgan fingerprint density at radius 1 is 1.39 bits per heavy atom. The van der Waals surface area contributed by atoms with E-state index >= 15 is 0 Å². The fourth-order valence-electron chi connectivity index (χ4n) is 1.65. The predicted octanol–water partition coefficient (Wildman–Crippen LogP) is 2.38. The minimum Gasteiger partial charge on any atom is -0.444 e. The van der Waals surface area contributed by atoms with E-state index in [2.05, 4.69) is 17.6 Å². The predicted molar refractivity (Wildman–Crippen MR) is 77.2 cm³/mol. The van der Waals surface area contributed by atoms with Gasteiger partial charge >= 0.3 is 6.09 Å². The van der Waals surface area contributed by atoms with Gasteiger partial charge in [0.2, 0.25) is 0 Å². The maximum Gasteiger partial charge on any atom is 0.407 e. The zero-order chi connectivity index (χ0) is 13.6. The van der Waals surface area contributed by atoms with Gasteiger partial charge in [-0.3, -0.25) is 0 Å². The normalized spacial score (nSPS) is 22.7. The minimum absolute atomic E-state index is 0.249. The number of ether oxygens (including phenoxy) is 1. The van der Waals surface area contributed by atoms with E-state index in [0.717, 1.165) is 13.0 Å². The van der Waals surface area contributed by atoms with Crippen molar-refractivity contribution in [2.45, 2.75) is 58.2 Å². The first kappa shape index (κ1) is 15.6. The van der Waals surface area contributed by atoms with E-state index in [-0.39, 0.29) is 12.1 Å². The lowest BCUT2D eigenvalue weighted by Gasteiger charge is -2.19. The second-order valence-corrected chi connectivity index (χ2v) is 6.99. The Morgan fingerprint density at radius 2 is 2.11 bits per heavy atom. The fourth-order valence-corrected chi connectivity index (χ4v) is 2.28. The zero-order valence-electron chi connectivity index (χ0n) is 11.9. The van der Waals surface area contributed by atoms with Crippen LogP contribution in [0.4, 0.5) is 4.79 Å². The first-order valence-corrected chi connectivity index (χ1v) is 7.88. The van der Waals surface area contributed by atoms with Crippen LogP contribution in [-0.2, 0) is 4.74 Å². The van der Waals surface area contributed by atoms with E-state index < -0.39 is 5.60 Å². The smallest absolute Gasteiger partial charge is 0.407 e. The first-order chi connectivity index (χ1) is 8.42. The van der Waals surface area contributed by atoms with Crippen molar-refractivity contribution in [3.63, 3.8) is 0 Å². The standard InChI is InChI=1S/C13H26N2O2S/c1-5-18-8-6-7-14-10-9-11(10)15-12(16)17-13(2,3)4/h10-11,14H,5-9H2,1-4H3,(H,15,16). The summed E-state index contributed by atoms with van der Waals surface area (Å²) in [4.78, 5) is 11.5. The van der Waals surface area contributed by atoms with Crippen LogP contribution in [0.5, 0.6) is 0 Å². The summed E-state index contributed by atoms with van der Waals surface area (Å²) in [5.74, 6) is 2.40. The molecule has 1 rings (SSSR count). The van der Waals surface area contributed by atoms with Crippen LogP contribution in [0.3, 0.4) is 0 Å². The van der Waals surface area contributed by atoms with Crippen LogP contribution in [-0.4, -0.2) is 41.8 Å². The van der Waals surface area contributed by atoms with Crippen molar-refractivity contribution in [3.8, 4) is 0 Å². The second kappa shape index (κ2) is 7.24. The molecule has 0 aromatic rings. The largest absolute Gasteiger partial charge is 0.444 e. The van der Waals surface area contributed by atoms with Crippen molar-refractivity contribution < 1.29 is 9.53 Å². The zero-order valence-corrected chi connectivity index (χ0v) is 12.7. The Hall–Kier alpha value is -0.420. The number of rotatable bonds is 7. The molecule has 2 unspecified atom stereocenters. The van der Waals surface area contributed by atoms with Crippen molar-refractivity contribution in [2.24, 2.45) is 0 Å². The van der Waals surface area contributed by atoms with Crippen molar-refractivity contribution in [1.82, 2.24) is 10.6 Å². The number of alkyl carbamates (subject to hydrolysis) is 1. The highest BCUT2D eigenvalue weighted by Crippen LogP contribution is 2.21. The minimum atomic E-state index is -0.417. The van der Waals surface area contributed by atoms with E-state index in [0.29, 0.717) is 6.04 Å². The molecule has 1 fully saturated rings. The molecular formula is C13H26N2O2S. The van der Waals surface area contributed by atoms with Crippen LogP contribution in [0.25, 0.3) is 0 Å². The summed E-state index contributed by atoms with van der Waals surface area (Å²) in [5.41, 5.74) is -0.417. The number of hydrogen-bond acceptors (Lipinski definition) is 4. The summed E-state index contributed by atoms with van der Waals surface area (Å²) >= 11 is 1.97. The molecule has 1 aliphatic rings. The second-order valence-electron chi connectivity index (χ2n) is 5.60. The third kappa shape index (κ3) is 7.11. The van der Waals surface area contributed by atoms with Crippen LogP contribution in [0.1, 0.15) is 40.5 Å². The van der Waals surface area contributed by atoms with Gasteiger partial charge in [0.15, 0.2) is 0 Å². The molecule has 0 radical (unpaired) electrons. The molecule has 0 saturated heterocycles. The van der Waals surface area contributed by atoms with Crippen molar-refractivity contribution in [1.29, 1.82) is 0 Å². The summed E-state index contributed by atoms with van der Waals surface area (Å²) < 4.78 is 5.21. The number of carbonyl (C=O) groups excluding carboxylic acids is 1. The van der Waals surface area contributed by atoms with Gasteiger partial charge in [-0.1, -0.05) is 6.92 Å². The van der Waals surface area contributed by atoms with Crippen LogP contribution in [0.15, 0.2) is 0 Å². The molecule has 1 amide bonds. The lowest BCUT2D eigenvalue weighted by Crippen LogP contribution is -2.36. The monoisotopic (exact) mass is 274 g/mol.